The van der Waals surface area contributed by atoms with Crippen molar-refractivity contribution in [1.29, 1.82) is 0 Å². The van der Waals surface area contributed by atoms with Crippen LogP contribution in [0.4, 0.5) is 4.39 Å². The van der Waals surface area contributed by atoms with E-state index in [9.17, 15) is 9.18 Å². The molecule has 0 heterocycles. The minimum atomic E-state index is -0.273. The predicted octanol–water partition coefficient (Wildman–Crippen LogP) is 3.37. The van der Waals surface area contributed by atoms with E-state index in [1.54, 1.807) is 12.1 Å². The van der Waals surface area contributed by atoms with Crippen LogP contribution in [0.5, 0.6) is 0 Å². The summed E-state index contributed by atoms with van der Waals surface area (Å²) in [5, 5.41) is 3.01. The van der Waals surface area contributed by atoms with Gasteiger partial charge in [0.1, 0.15) is 5.82 Å². The molecule has 0 aromatic heterocycles. The van der Waals surface area contributed by atoms with E-state index < -0.39 is 0 Å². The highest BCUT2D eigenvalue weighted by Gasteiger charge is 2.14. The van der Waals surface area contributed by atoms with Crippen LogP contribution in [-0.4, -0.2) is 11.9 Å². The standard InChI is InChI=1S/C16H20FNO/c1-12(14-5-3-2-4-6-14)18-16(19)11-13-7-9-15(17)10-8-13/h5,7-10,12H,2-4,6,11H2,1H3,(H,18,19). The van der Waals surface area contributed by atoms with Gasteiger partial charge in [-0.3, -0.25) is 4.79 Å². The van der Waals surface area contributed by atoms with Crippen molar-refractivity contribution in [2.75, 3.05) is 0 Å². The van der Waals surface area contributed by atoms with Gasteiger partial charge in [0.2, 0.25) is 5.91 Å². The molecule has 3 heteroatoms. The van der Waals surface area contributed by atoms with E-state index >= 15 is 0 Å². The molecule has 102 valence electrons. The molecule has 0 saturated heterocycles. The number of carbonyl (C=O) groups excluding carboxylic acids is 1. The van der Waals surface area contributed by atoms with Gasteiger partial charge >= 0.3 is 0 Å². The van der Waals surface area contributed by atoms with Crippen molar-refractivity contribution in [3.05, 3.63) is 47.3 Å². The zero-order valence-electron chi connectivity index (χ0n) is 11.3. The third-order valence-electron chi connectivity index (χ3n) is 3.54. The zero-order chi connectivity index (χ0) is 13.7. The Kier molecular flexibility index (Phi) is 4.72. The van der Waals surface area contributed by atoms with Crippen LogP contribution in [0.15, 0.2) is 35.9 Å². The van der Waals surface area contributed by atoms with Gasteiger partial charge in [-0.2, -0.15) is 0 Å². The van der Waals surface area contributed by atoms with Gasteiger partial charge in [-0.25, -0.2) is 4.39 Å². The number of carbonyl (C=O) groups is 1. The SMILES string of the molecule is CC(NC(=O)Cc1ccc(F)cc1)C1=CCCCC1. The second-order valence-electron chi connectivity index (χ2n) is 5.12. The monoisotopic (exact) mass is 261 g/mol. The third-order valence-corrected chi connectivity index (χ3v) is 3.54. The van der Waals surface area contributed by atoms with Crippen LogP contribution in [0.1, 0.15) is 38.2 Å². The lowest BCUT2D eigenvalue weighted by Crippen LogP contribution is -2.35. The summed E-state index contributed by atoms with van der Waals surface area (Å²) in [5.74, 6) is -0.282. The Hall–Kier alpha value is -1.64. The first kappa shape index (κ1) is 13.8. The molecule has 19 heavy (non-hydrogen) atoms. The molecule has 0 fully saturated rings. The first-order chi connectivity index (χ1) is 9.15. The van der Waals surface area contributed by atoms with E-state index in [0.29, 0.717) is 6.42 Å². The van der Waals surface area contributed by atoms with Gasteiger partial charge in [0.25, 0.3) is 0 Å². The fourth-order valence-corrected chi connectivity index (χ4v) is 2.43. The molecule has 1 aliphatic rings. The highest BCUT2D eigenvalue weighted by atomic mass is 19.1. The smallest absolute Gasteiger partial charge is 0.224 e. The molecule has 1 atom stereocenters. The molecule has 2 nitrogen and oxygen atoms in total. The van der Waals surface area contributed by atoms with Gasteiger partial charge in [0, 0.05) is 6.04 Å². The number of nitrogens with one attached hydrogen (secondary N) is 1. The molecule has 1 aromatic carbocycles. The number of hydrogen-bond donors (Lipinski definition) is 1. The van der Waals surface area contributed by atoms with Crippen LogP contribution in [0.3, 0.4) is 0 Å². The van der Waals surface area contributed by atoms with E-state index in [1.165, 1.54) is 30.5 Å². The predicted molar refractivity (Wildman–Crippen MR) is 74.3 cm³/mol. The first-order valence-electron chi connectivity index (χ1n) is 6.88. The van der Waals surface area contributed by atoms with Crippen molar-refractivity contribution in [3.8, 4) is 0 Å². The summed E-state index contributed by atoms with van der Waals surface area (Å²) < 4.78 is 12.8. The fourth-order valence-electron chi connectivity index (χ4n) is 2.43. The topological polar surface area (TPSA) is 29.1 Å². The van der Waals surface area contributed by atoms with Crippen LogP contribution in [0.2, 0.25) is 0 Å². The molecular weight excluding hydrogens is 241 g/mol. The summed E-state index contributed by atoms with van der Waals surface area (Å²) in [4.78, 5) is 11.9. The second-order valence-corrected chi connectivity index (χ2v) is 5.12. The van der Waals surface area contributed by atoms with Crippen LogP contribution in [0, 0.1) is 5.82 Å². The largest absolute Gasteiger partial charge is 0.350 e. The molecule has 1 N–H and O–H groups in total. The molecule has 1 unspecified atom stereocenters. The van der Waals surface area contributed by atoms with E-state index in [-0.39, 0.29) is 17.8 Å². The second kappa shape index (κ2) is 6.50. The Labute approximate surface area is 113 Å². The summed E-state index contributed by atoms with van der Waals surface area (Å²) in [6, 6.07) is 6.18. The van der Waals surface area contributed by atoms with Crippen LogP contribution in [0.25, 0.3) is 0 Å². The van der Waals surface area contributed by atoms with Crippen LogP contribution < -0.4 is 5.32 Å². The van der Waals surface area contributed by atoms with Crippen molar-refractivity contribution in [1.82, 2.24) is 5.32 Å². The summed E-state index contributed by atoms with van der Waals surface area (Å²) >= 11 is 0. The van der Waals surface area contributed by atoms with E-state index in [1.807, 2.05) is 6.92 Å². The molecule has 0 radical (unpaired) electrons. The van der Waals surface area contributed by atoms with Crippen molar-refractivity contribution >= 4 is 5.91 Å². The number of halogens is 1. The average Bonchev–Trinajstić information content (AvgIpc) is 2.42. The maximum Gasteiger partial charge on any atom is 0.224 e. The van der Waals surface area contributed by atoms with E-state index in [2.05, 4.69) is 11.4 Å². The highest BCUT2D eigenvalue weighted by molar-refractivity contribution is 5.79. The quantitative estimate of drug-likeness (QED) is 0.827. The number of benzene rings is 1. The average molecular weight is 261 g/mol. The third kappa shape index (κ3) is 4.19. The van der Waals surface area contributed by atoms with Gasteiger partial charge < -0.3 is 5.32 Å². The summed E-state index contributed by atoms with van der Waals surface area (Å²) in [6.07, 6.45) is 7.21. The van der Waals surface area contributed by atoms with Gasteiger partial charge in [0.15, 0.2) is 0 Å². The Bertz CT molecular complexity index is 464. The minimum absolute atomic E-state index is 0.00872. The molecule has 2 rings (SSSR count). The van der Waals surface area contributed by atoms with Crippen LogP contribution >= 0.6 is 0 Å². The maximum atomic E-state index is 12.8. The molecule has 1 aromatic rings. The number of rotatable bonds is 4. The number of allylic oxidation sites excluding steroid dienone is 1. The maximum absolute atomic E-state index is 12.8. The Morgan fingerprint density at radius 2 is 2.05 bits per heavy atom. The molecule has 0 spiro atoms. The molecule has 0 aliphatic heterocycles. The Morgan fingerprint density at radius 3 is 2.68 bits per heavy atom. The summed E-state index contributed by atoms with van der Waals surface area (Å²) in [5.41, 5.74) is 2.17. The molecule has 0 saturated carbocycles. The van der Waals surface area contributed by atoms with Gasteiger partial charge in [-0.05, 0) is 50.3 Å². The Morgan fingerprint density at radius 1 is 1.32 bits per heavy atom. The van der Waals surface area contributed by atoms with E-state index in [0.717, 1.165) is 18.4 Å². The number of amides is 1. The highest BCUT2D eigenvalue weighted by Crippen LogP contribution is 2.20. The summed E-state index contributed by atoms with van der Waals surface area (Å²) in [7, 11) is 0. The minimum Gasteiger partial charge on any atom is -0.350 e. The lowest BCUT2D eigenvalue weighted by atomic mass is 9.94. The van der Waals surface area contributed by atoms with Crippen LogP contribution in [-0.2, 0) is 11.2 Å². The van der Waals surface area contributed by atoms with Gasteiger partial charge in [0.05, 0.1) is 6.42 Å². The molecule has 1 amide bonds. The van der Waals surface area contributed by atoms with Gasteiger partial charge in [-0.15, -0.1) is 0 Å². The lowest BCUT2D eigenvalue weighted by molar-refractivity contribution is -0.120. The van der Waals surface area contributed by atoms with Crippen molar-refractivity contribution < 1.29 is 9.18 Å². The molecular formula is C16H20FNO. The van der Waals surface area contributed by atoms with Gasteiger partial charge in [-0.1, -0.05) is 23.8 Å². The normalized spacial score (nSPS) is 16.6. The first-order valence-corrected chi connectivity index (χ1v) is 6.88. The van der Waals surface area contributed by atoms with Crippen molar-refractivity contribution in [2.24, 2.45) is 0 Å². The van der Waals surface area contributed by atoms with E-state index in [4.69, 9.17) is 0 Å². The molecule has 0 bridgehead atoms. The Balaban J connectivity index is 1.86. The summed E-state index contributed by atoms with van der Waals surface area (Å²) in [6.45, 7) is 2.03. The lowest BCUT2D eigenvalue weighted by Gasteiger charge is -2.20. The zero-order valence-corrected chi connectivity index (χ0v) is 11.3. The van der Waals surface area contributed by atoms with Crippen molar-refractivity contribution in [3.63, 3.8) is 0 Å². The molecule has 1 aliphatic carbocycles. The number of hydrogen-bond acceptors (Lipinski definition) is 1. The fraction of sp³-hybridized carbons (Fsp3) is 0.438. The van der Waals surface area contributed by atoms with Crippen molar-refractivity contribution in [2.45, 2.75) is 45.1 Å².